The van der Waals surface area contributed by atoms with Crippen LogP contribution in [0, 0.1) is 0 Å². The number of ether oxygens (including phenoxy) is 2. The van der Waals surface area contributed by atoms with E-state index in [1.807, 2.05) is 13.8 Å². The summed E-state index contributed by atoms with van der Waals surface area (Å²) in [6.45, 7) is 10.8. The molecule has 0 saturated carbocycles. The molecule has 0 bridgehead atoms. The summed E-state index contributed by atoms with van der Waals surface area (Å²) < 4.78 is 10.9. The summed E-state index contributed by atoms with van der Waals surface area (Å²) in [6, 6.07) is 0.582. The van der Waals surface area contributed by atoms with Gasteiger partial charge in [0.1, 0.15) is 0 Å². The highest BCUT2D eigenvalue weighted by Gasteiger charge is 2.07. The Balaban J connectivity index is 3.49. The summed E-state index contributed by atoms with van der Waals surface area (Å²) in [7, 11) is 0. The van der Waals surface area contributed by atoms with E-state index in [2.05, 4.69) is 19.2 Å². The van der Waals surface area contributed by atoms with Gasteiger partial charge in [0.05, 0.1) is 0 Å². The quantitative estimate of drug-likeness (QED) is 0.583. The van der Waals surface area contributed by atoms with Crippen LogP contribution < -0.4 is 5.32 Å². The van der Waals surface area contributed by atoms with Gasteiger partial charge in [-0.25, -0.2) is 0 Å². The normalized spacial score (nSPS) is 13.5. The van der Waals surface area contributed by atoms with Gasteiger partial charge in [0.2, 0.25) is 0 Å². The predicted octanol–water partition coefficient (Wildman–Crippen LogP) is 2.16. The van der Waals surface area contributed by atoms with E-state index in [0.29, 0.717) is 19.3 Å². The van der Waals surface area contributed by atoms with Gasteiger partial charge < -0.3 is 14.8 Å². The lowest BCUT2D eigenvalue weighted by molar-refractivity contribution is -0.138. The van der Waals surface area contributed by atoms with Crippen LogP contribution >= 0.6 is 0 Å². The summed E-state index contributed by atoms with van der Waals surface area (Å²) in [5.74, 6) is 0. The molecule has 3 heteroatoms. The Kier molecular flexibility index (Phi) is 9.35. The zero-order chi connectivity index (χ0) is 10.8. The van der Waals surface area contributed by atoms with Gasteiger partial charge >= 0.3 is 0 Å². The van der Waals surface area contributed by atoms with Crippen molar-refractivity contribution in [3.8, 4) is 0 Å². The van der Waals surface area contributed by atoms with Crippen LogP contribution in [0.2, 0.25) is 0 Å². The van der Waals surface area contributed by atoms with Gasteiger partial charge in [0, 0.05) is 32.2 Å². The van der Waals surface area contributed by atoms with E-state index >= 15 is 0 Å². The number of nitrogens with one attached hydrogen (secondary N) is 1. The smallest absolute Gasteiger partial charge is 0.158 e. The van der Waals surface area contributed by atoms with Gasteiger partial charge in [-0.15, -0.1) is 0 Å². The first-order chi connectivity index (χ1) is 6.74. The fourth-order valence-corrected chi connectivity index (χ4v) is 1.18. The number of hydrogen-bond acceptors (Lipinski definition) is 3. The average Bonchev–Trinajstić information content (AvgIpc) is 2.18. The lowest BCUT2D eigenvalue weighted by Gasteiger charge is -2.18. The molecule has 0 rings (SSSR count). The molecule has 0 aromatic heterocycles. The lowest BCUT2D eigenvalue weighted by atomic mass is 10.2. The molecule has 0 saturated heterocycles. The maximum Gasteiger partial charge on any atom is 0.158 e. The zero-order valence-electron chi connectivity index (χ0n) is 10.0. The molecular formula is C11H25NO2. The van der Waals surface area contributed by atoms with Crippen molar-refractivity contribution in [3.05, 3.63) is 0 Å². The second kappa shape index (κ2) is 9.44. The van der Waals surface area contributed by atoms with E-state index in [0.717, 1.165) is 19.4 Å². The Morgan fingerprint density at radius 2 is 1.64 bits per heavy atom. The predicted molar refractivity (Wildman–Crippen MR) is 59.4 cm³/mol. The van der Waals surface area contributed by atoms with E-state index in [1.165, 1.54) is 0 Å². The maximum atomic E-state index is 5.44. The Bertz CT molecular complexity index is 114. The molecule has 0 aromatic carbocycles. The molecule has 86 valence electrons. The molecule has 0 aromatic rings. The summed E-state index contributed by atoms with van der Waals surface area (Å²) >= 11 is 0. The summed E-state index contributed by atoms with van der Waals surface area (Å²) in [4.78, 5) is 0. The van der Waals surface area contributed by atoms with Gasteiger partial charge in [-0.2, -0.15) is 0 Å². The molecule has 1 atom stereocenters. The molecule has 0 aliphatic heterocycles. The molecule has 3 nitrogen and oxygen atoms in total. The van der Waals surface area contributed by atoms with Crippen LogP contribution in [0.15, 0.2) is 0 Å². The Morgan fingerprint density at radius 1 is 1.07 bits per heavy atom. The minimum absolute atomic E-state index is 0.0402. The highest BCUT2D eigenvalue weighted by molar-refractivity contribution is 4.58. The van der Waals surface area contributed by atoms with Crippen LogP contribution in [0.3, 0.4) is 0 Å². The maximum absolute atomic E-state index is 5.44. The highest BCUT2D eigenvalue weighted by Crippen LogP contribution is 2.00. The molecule has 0 fully saturated rings. The van der Waals surface area contributed by atoms with Gasteiger partial charge in [0.25, 0.3) is 0 Å². The largest absolute Gasteiger partial charge is 0.353 e. The van der Waals surface area contributed by atoms with E-state index in [1.54, 1.807) is 0 Å². The molecule has 0 aliphatic rings. The van der Waals surface area contributed by atoms with Crippen LogP contribution in [-0.4, -0.2) is 32.1 Å². The van der Waals surface area contributed by atoms with Crippen molar-refractivity contribution in [1.82, 2.24) is 5.32 Å². The third-order valence-corrected chi connectivity index (χ3v) is 2.19. The molecule has 0 aliphatic carbocycles. The van der Waals surface area contributed by atoms with Gasteiger partial charge in [-0.3, -0.25) is 0 Å². The SMILES string of the molecule is CCOC(CCNC(C)CC)OCC. The third kappa shape index (κ3) is 7.30. The van der Waals surface area contributed by atoms with Gasteiger partial charge in [0.15, 0.2) is 6.29 Å². The van der Waals surface area contributed by atoms with Crippen molar-refractivity contribution in [3.63, 3.8) is 0 Å². The van der Waals surface area contributed by atoms with Crippen LogP contribution in [-0.2, 0) is 9.47 Å². The van der Waals surface area contributed by atoms with Crippen LogP contribution in [0.4, 0.5) is 0 Å². The topological polar surface area (TPSA) is 30.5 Å². The van der Waals surface area contributed by atoms with Gasteiger partial charge in [-0.1, -0.05) is 6.92 Å². The fraction of sp³-hybridized carbons (Fsp3) is 1.00. The Hall–Kier alpha value is -0.120. The molecular weight excluding hydrogens is 178 g/mol. The monoisotopic (exact) mass is 203 g/mol. The number of rotatable bonds is 9. The molecule has 0 spiro atoms. The summed E-state index contributed by atoms with van der Waals surface area (Å²) in [6.07, 6.45) is 2.04. The first kappa shape index (κ1) is 13.9. The minimum atomic E-state index is -0.0402. The molecule has 0 amide bonds. The van der Waals surface area contributed by atoms with Crippen molar-refractivity contribution in [2.24, 2.45) is 0 Å². The standard InChI is InChI=1S/C11H25NO2/c1-5-10(4)12-9-8-11(13-6-2)14-7-3/h10-12H,5-9H2,1-4H3. The van der Waals surface area contributed by atoms with E-state index in [-0.39, 0.29) is 6.29 Å². The zero-order valence-corrected chi connectivity index (χ0v) is 10.0. The second-order valence-electron chi connectivity index (χ2n) is 3.39. The van der Waals surface area contributed by atoms with Gasteiger partial charge in [-0.05, 0) is 27.2 Å². The molecule has 1 unspecified atom stereocenters. The van der Waals surface area contributed by atoms with Crippen molar-refractivity contribution >= 4 is 0 Å². The molecule has 14 heavy (non-hydrogen) atoms. The van der Waals surface area contributed by atoms with E-state index in [9.17, 15) is 0 Å². The average molecular weight is 203 g/mol. The van der Waals surface area contributed by atoms with E-state index in [4.69, 9.17) is 9.47 Å². The summed E-state index contributed by atoms with van der Waals surface area (Å²) in [5, 5.41) is 3.42. The Labute approximate surface area is 88.2 Å². The molecule has 1 N–H and O–H groups in total. The first-order valence-corrected chi connectivity index (χ1v) is 5.71. The first-order valence-electron chi connectivity index (χ1n) is 5.71. The Morgan fingerprint density at radius 3 is 2.07 bits per heavy atom. The molecule has 0 radical (unpaired) electrons. The van der Waals surface area contributed by atoms with Crippen molar-refractivity contribution in [2.45, 2.75) is 52.9 Å². The fourth-order valence-electron chi connectivity index (χ4n) is 1.18. The van der Waals surface area contributed by atoms with Crippen LogP contribution in [0.25, 0.3) is 0 Å². The lowest BCUT2D eigenvalue weighted by Crippen LogP contribution is -2.30. The second-order valence-corrected chi connectivity index (χ2v) is 3.39. The van der Waals surface area contributed by atoms with E-state index < -0.39 is 0 Å². The van der Waals surface area contributed by atoms with Crippen LogP contribution in [0.5, 0.6) is 0 Å². The van der Waals surface area contributed by atoms with Crippen molar-refractivity contribution in [2.75, 3.05) is 19.8 Å². The van der Waals surface area contributed by atoms with Crippen LogP contribution in [0.1, 0.15) is 40.5 Å². The van der Waals surface area contributed by atoms with Crippen molar-refractivity contribution < 1.29 is 9.47 Å². The molecule has 0 heterocycles. The minimum Gasteiger partial charge on any atom is -0.353 e. The van der Waals surface area contributed by atoms with Crippen molar-refractivity contribution in [1.29, 1.82) is 0 Å². The third-order valence-electron chi connectivity index (χ3n) is 2.19. The summed E-state index contributed by atoms with van der Waals surface area (Å²) in [5.41, 5.74) is 0. The number of hydrogen-bond donors (Lipinski definition) is 1. The highest BCUT2D eigenvalue weighted by atomic mass is 16.7.